The van der Waals surface area contributed by atoms with Crippen LogP contribution in [0.15, 0.2) is 36.5 Å². The van der Waals surface area contributed by atoms with Gasteiger partial charge in [-0.2, -0.15) is 5.10 Å². The molecular formula is C18H23N5O2. The molecule has 1 aliphatic heterocycles. The molecule has 0 atom stereocenters. The number of rotatable bonds is 6. The monoisotopic (exact) mass is 341 g/mol. The van der Waals surface area contributed by atoms with Crippen LogP contribution in [0, 0.1) is 0 Å². The molecule has 1 fully saturated rings. The van der Waals surface area contributed by atoms with E-state index in [4.69, 9.17) is 5.73 Å². The largest absolute Gasteiger partial charge is 0.366 e. The fraction of sp³-hybridized carbons (Fsp3) is 0.389. The maximum absolute atomic E-state index is 12.1. The van der Waals surface area contributed by atoms with Crippen LogP contribution in [0.1, 0.15) is 41.2 Å². The number of amides is 2. The second-order valence-electron chi connectivity index (χ2n) is 6.37. The molecule has 1 aromatic heterocycles. The summed E-state index contributed by atoms with van der Waals surface area (Å²) in [6.45, 7) is 2.73. The van der Waals surface area contributed by atoms with Crippen molar-refractivity contribution >= 4 is 17.5 Å². The summed E-state index contributed by atoms with van der Waals surface area (Å²) in [5.41, 5.74) is 7.51. The van der Waals surface area contributed by atoms with Crippen molar-refractivity contribution in [2.75, 3.05) is 25.0 Å². The predicted molar refractivity (Wildman–Crippen MR) is 95.2 cm³/mol. The highest BCUT2D eigenvalue weighted by Crippen LogP contribution is 2.26. The maximum atomic E-state index is 12.1. The van der Waals surface area contributed by atoms with Gasteiger partial charge in [-0.15, -0.1) is 0 Å². The number of primary amides is 1. The summed E-state index contributed by atoms with van der Waals surface area (Å²) in [5.74, 6) is 0.0373. The summed E-state index contributed by atoms with van der Waals surface area (Å²) < 4.78 is 0. The molecule has 0 radical (unpaired) electrons. The number of carbonyl (C=O) groups excluding carboxylic acids is 2. The molecule has 3 rings (SSSR count). The molecule has 7 nitrogen and oxygen atoms in total. The molecule has 0 bridgehead atoms. The summed E-state index contributed by atoms with van der Waals surface area (Å²) in [4.78, 5) is 25.4. The van der Waals surface area contributed by atoms with E-state index in [1.54, 1.807) is 30.5 Å². The van der Waals surface area contributed by atoms with Crippen LogP contribution in [0.5, 0.6) is 0 Å². The third kappa shape index (κ3) is 4.67. The molecule has 25 heavy (non-hydrogen) atoms. The highest BCUT2D eigenvalue weighted by molar-refractivity contribution is 5.94. The van der Waals surface area contributed by atoms with Gasteiger partial charge >= 0.3 is 0 Å². The zero-order valence-electron chi connectivity index (χ0n) is 14.1. The molecule has 4 N–H and O–H groups in total. The number of H-pyrrole nitrogens is 1. The lowest BCUT2D eigenvalue weighted by molar-refractivity contribution is -0.116. The minimum Gasteiger partial charge on any atom is -0.366 e. The highest BCUT2D eigenvalue weighted by Gasteiger charge is 2.21. The fourth-order valence-corrected chi connectivity index (χ4v) is 3.16. The van der Waals surface area contributed by atoms with Gasteiger partial charge in [0, 0.05) is 42.0 Å². The van der Waals surface area contributed by atoms with Crippen molar-refractivity contribution in [3.8, 4) is 0 Å². The van der Waals surface area contributed by atoms with Crippen LogP contribution in [-0.4, -0.2) is 46.5 Å². The summed E-state index contributed by atoms with van der Waals surface area (Å²) in [7, 11) is 0. The molecule has 7 heteroatoms. The van der Waals surface area contributed by atoms with E-state index >= 15 is 0 Å². The number of likely N-dealkylation sites (tertiary alicyclic amines) is 1. The Labute approximate surface area is 146 Å². The highest BCUT2D eigenvalue weighted by atomic mass is 16.2. The molecule has 0 unspecified atom stereocenters. The molecule has 0 saturated carbocycles. The normalized spacial score (nSPS) is 15.8. The average molecular weight is 341 g/mol. The van der Waals surface area contributed by atoms with E-state index in [2.05, 4.69) is 20.4 Å². The molecule has 1 saturated heterocycles. The Morgan fingerprint density at radius 3 is 2.52 bits per heavy atom. The third-order valence-electron chi connectivity index (χ3n) is 4.66. The van der Waals surface area contributed by atoms with Crippen LogP contribution in [0.3, 0.4) is 0 Å². The SMILES string of the molecule is NC(=O)c1ccc(NC(=O)CCN2CCC(c3ccn[nH]3)CC2)cc1. The number of aromatic amines is 1. The van der Waals surface area contributed by atoms with E-state index in [-0.39, 0.29) is 5.91 Å². The zero-order chi connectivity index (χ0) is 17.6. The number of aromatic nitrogens is 2. The van der Waals surface area contributed by atoms with Gasteiger partial charge in [-0.05, 0) is 56.3 Å². The third-order valence-corrected chi connectivity index (χ3v) is 4.66. The van der Waals surface area contributed by atoms with Crippen LogP contribution in [-0.2, 0) is 4.79 Å². The first kappa shape index (κ1) is 17.2. The molecule has 1 aliphatic rings. The number of benzene rings is 1. The summed E-state index contributed by atoms with van der Waals surface area (Å²) in [6, 6.07) is 8.63. The van der Waals surface area contributed by atoms with Crippen molar-refractivity contribution in [2.45, 2.75) is 25.2 Å². The van der Waals surface area contributed by atoms with Gasteiger partial charge < -0.3 is 16.0 Å². The van der Waals surface area contributed by atoms with E-state index in [0.717, 1.165) is 32.5 Å². The van der Waals surface area contributed by atoms with E-state index in [1.807, 2.05) is 6.07 Å². The van der Waals surface area contributed by atoms with Crippen molar-refractivity contribution in [1.29, 1.82) is 0 Å². The quantitative estimate of drug-likeness (QED) is 0.744. The second kappa shape index (κ2) is 7.94. The lowest BCUT2D eigenvalue weighted by atomic mass is 9.93. The first-order chi connectivity index (χ1) is 12.1. The van der Waals surface area contributed by atoms with Crippen molar-refractivity contribution < 1.29 is 9.59 Å². The topological polar surface area (TPSA) is 104 Å². The van der Waals surface area contributed by atoms with Gasteiger partial charge in [-0.25, -0.2) is 0 Å². The number of hydrogen-bond donors (Lipinski definition) is 3. The van der Waals surface area contributed by atoms with E-state index in [1.165, 1.54) is 5.69 Å². The molecule has 2 amide bonds. The minimum atomic E-state index is -0.476. The first-order valence-corrected chi connectivity index (χ1v) is 8.53. The summed E-state index contributed by atoms with van der Waals surface area (Å²) in [6.07, 6.45) is 4.41. The van der Waals surface area contributed by atoms with Crippen molar-refractivity contribution in [2.24, 2.45) is 5.73 Å². The Balaban J connectivity index is 1.40. The predicted octanol–water partition coefficient (Wildman–Crippen LogP) is 1.72. The van der Waals surface area contributed by atoms with Crippen LogP contribution in [0.25, 0.3) is 0 Å². The smallest absolute Gasteiger partial charge is 0.248 e. The first-order valence-electron chi connectivity index (χ1n) is 8.53. The Morgan fingerprint density at radius 2 is 1.92 bits per heavy atom. The maximum Gasteiger partial charge on any atom is 0.248 e. The molecule has 1 aromatic carbocycles. The lowest BCUT2D eigenvalue weighted by Crippen LogP contribution is -2.35. The zero-order valence-corrected chi connectivity index (χ0v) is 14.1. The molecule has 2 aromatic rings. The van der Waals surface area contributed by atoms with Crippen molar-refractivity contribution in [3.05, 3.63) is 47.8 Å². The van der Waals surface area contributed by atoms with Gasteiger partial charge in [0.1, 0.15) is 0 Å². The van der Waals surface area contributed by atoms with Crippen molar-refractivity contribution in [3.63, 3.8) is 0 Å². The van der Waals surface area contributed by atoms with Crippen LogP contribution in [0.4, 0.5) is 5.69 Å². The molecule has 0 spiro atoms. The molecule has 132 valence electrons. The number of nitrogens with zero attached hydrogens (tertiary/aromatic N) is 2. The van der Waals surface area contributed by atoms with Crippen LogP contribution in [0.2, 0.25) is 0 Å². The number of anilines is 1. The van der Waals surface area contributed by atoms with Gasteiger partial charge in [0.05, 0.1) is 0 Å². The van der Waals surface area contributed by atoms with Gasteiger partial charge in [-0.1, -0.05) is 0 Å². The van der Waals surface area contributed by atoms with E-state index in [9.17, 15) is 9.59 Å². The van der Waals surface area contributed by atoms with Gasteiger partial charge in [0.2, 0.25) is 11.8 Å². The number of carbonyl (C=O) groups is 2. The lowest BCUT2D eigenvalue weighted by Gasteiger charge is -2.31. The summed E-state index contributed by atoms with van der Waals surface area (Å²) >= 11 is 0. The fourth-order valence-electron chi connectivity index (χ4n) is 3.16. The number of piperidine rings is 1. The molecule has 0 aliphatic carbocycles. The Morgan fingerprint density at radius 1 is 1.20 bits per heavy atom. The van der Waals surface area contributed by atoms with Gasteiger partial charge in [0.25, 0.3) is 0 Å². The Kier molecular flexibility index (Phi) is 5.45. The van der Waals surface area contributed by atoms with Gasteiger partial charge in [-0.3, -0.25) is 14.7 Å². The molecular weight excluding hydrogens is 318 g/mol. The molecule has 2 heterocycles. The van der Waals surface area contributed by atoms with Crippen molar-refractivity contribution in [1.82, 2.24) is 15.1 Å². The summed E-state index contributed by atoms with van der Waals surface area (Å²) in [5, 5.41) is 9.91. The number of nitrogens with two attached hydrogens (primary N) is 1. The number of nitrogens with one attached hydrogen (secondary N) is 2. The van der Waals surface area contributed by atoms with Crippen LogP contribution >= 0.6 is 0 Å². The standard InChI is InChI=1S/C18H23N5O2/c19-18(25)14-1-3-15(4-2-14)21-17(24)8-12-23-10-6-13(7-11-23)16-5-9-20-22-16/h1-5,9,13H,6-8,10-12H2,(H2,19,25)(H,20,22)(H,21,24). The van der Waals surface area contributed by atoms with Gasteiger partial charge in [0.15, 0.2) is 0 Å². The van der Waals surface area contributed by atoms with E-state index < -0.39 is 5.91 Å². The van der Waals surface area contributed by atoms with E-state index in [0.29, 0.717) is 23.6 Å². The van der Waals surface area contributed by atoms with Crippen LogP contribution < -0.4 is 11.1 Å². The number of hydrogen-bond acceptors (Lipinski definition) is 4. The average Bonchev–Trinajstić information content (AvgIpc) is 3.15. The Hall–Kier alpha value is -2.67. The minimum absolute atomic E-state index is 0.0254. The second-order valence-corrected chi connectivity index (χ2v) is 6.37. The Bertz CT molecular complexity index is 704.